The van der Waals surface area contributed by atoms with Gasteiger partial charge in [0.2, 0.25) is 17.8 Å². The smallest absolute Gasteiger partial charge is 0.269 e. The molecule has 2 heterocycles. The van der Waals surface area contributed by atoms with Crippen LogP contribution in [-0.4, -0.2) is 70.4 Å². The summed E-state index contributed by atoms with van der Waals surface area (Å²) in [6, 6.07) is 6.78. The quantitative estimate of drug-likeness (QED) is 0.439. The van der Waals surface area contributed by atoms with Gasteiger partial charge in [0.25, 0.3) is 5.69 Å². The predicted molar refractivity (Wildman–Crippen MR) is 112 cm³/mol. The first-order chi connectivity index (χ1) is 14.0. The third kappa shape index (κ3) is 5.41. The van der Waals surface area contributed by atoms with E-state index in [1.807, 2.05) is 13.8 Å². The number of nitro groups is 1. The highest BCUT2D eigenvalue weighted by atomic mass is 16.6. The minimum absolute atomic E-state index is 0.0120. The lowest BCUT2D eigenvalue weighted by Gasteiger charge is -2.36. The zero-order chi connectivity index (χ0) is 20.8. The number of aromatic nitrogens is 3. The Morgan fingerprint density at radius 2 is 1.69 bits per heavy atom. The zero-order valence-electron chi connectivity index (χ0n) is 16.6. The molecule has 3 N–H and O–H groups in total. The van der Waals surface area contributed by atoms with Crippen LogP contribution in [0.15, 0.2) is 24.3 Å². The molecule has 29 heavy (non-hydrogen) atoms. The minimum Gasteiger partial charge on any atom is -0.395 e. The van der Waals surface area contributed by atoms with Gasteiger partial charge in [0.05, 0.1) is 11.5 Å². The molecule has 0 aliphatic carbocycles. The molecule has 1 aliphatic heterocycles. The van der Waals surface area contributed by atoms with Crippen LogP contribution in [-0.2, 0) is 0 Å². The number of nitrogens with one attached hydrogen (secondary N) is 2. The van der Waals surface area contributed by atoms with Crippen molar-refractivity contribution in [3.8, 4) is 0 Å². The predicted octanol–water partition coefficient (Wildman–Crippen LogP) is 1.33. The van der Waals surface area contributed by atoms with Gasteiger partial charge in [-0.1, -0.05) is 0 Å². The third-order valence-corrected chi connectivity index (χ3v) is 4.42. The van der Waals surface area contributed by atoms with Gasteiger partial charge in [0.1, 0.15) is 0 Å². The van der Waals surface area contributed by atoms with E-state index in [-0.39, 0.29) is 18.3 Å². The van der Waals surface area contributed by atoms with Gasteiger partial charge < -0.3 is 25.5 Å². The number of non-ortho nitro benzene ring substituents is 1. The summed E-state index contributed by atoms with van der Waals surface area (Å²) in [5.41, 5.74) is 1.05. The van der Waals surface area contributed by atoms with Crippen LogP contribution in [0.1, 0.15) is 13.8 Å². The molecular weight excluding hydrogens is 376 g/mol. The van der Waals surface area contributed by atoms with Gasteiger partial charge in [-0.15, -0.1) is 0 Å². The molecule has 0 saturated carbocycles. The normalized spacial score (nSPS) is 14.2. The second-order valence-corrected chi connectivity index (χ2v) is 6.98. The van der Waals surface area contributed by atoms with Crippen molar-refractivity contribution in [3.63, 3.8) is 0 Å². The monoisotopic (exact) mass is 402 g/mol. The number of benzene rings is 1. The van der Waals surface area contributed by atoms with Crippen LogP contribution >= 0.6 is 0 Å². The molecule has 1 aliphatic rings. The fourth-order valence-electron chi connectivity index (χ4n) is 3.03. The fraction of sp³-hybridized carbons (Fsp3) is 0.500. The first-order valence-corrected chi connectivity index (χ1v) is 9.58. The van der Waals surface area contributed by atoms with Crippen LogP contribution in [0.4, 0.5) is 29.2 Å². The second kappa shape index (κ2) is 9.32. The van der Waals surface area contributed by atoms with Crippen molar-refractivity contribution < 1.29 is 10.0 Å². The molecule has 11 heteroatoms. The number of hydrogen-bond acceptors (Lipinski definition) is 10. The lowest BCUT2D eigenvalue weighted by atomic mass is 10.2. The van der Waals surface area contributed by atoms with E-state index in [1.54, 1.807) is 12.1 Å². The molecule has 0 amide bonds. The molecule has 1 saturated heterocycles. The van der Waals surface area contributed by atoms with Gasteiger partial charge in [0, 0.05) is 56.6 Å². The fourth-order valence-corrected chi connectivity index (χ4v) is 3.03. The van der Waals surface area contributed by atoms with Gasteiger partial charge in [0.15, 0.2) is 0 Å². The number of nitrogens with zero attached hydrogens (tertiary/aromatic N) is 6. The SMILES string of the molecule is CC(C)Nc1nc(NCCO)nc(N2CCN(c3ccc([N+](=O)[O-])cc3)CC2)n1. The molecule has 0 atom stereocenters. The maximum Gasteiger partial charge on any atom is 0.269 e. The van der Waals surface area contributed by atoms with E-state index in [0.29, 0.717) is 37.5 Å². The average Bonchev–Trinajstić information content (AvgIpc) is 2.72. The average molecular weight is 402 g/mol. The van der Waals surface area contributed by atoms with Crippen molar-refractivity contribution in [2.45, 2.75) is 19.9 Å². The number of piperazine rings is 1. The van der Waals surface area contributed by atoms with E-state index in [2.05, 4.69) is 35.4 Å². The van der Waals surface area contributed by atoms with E-state index in [0.717, 1.165) is 18.8 Å². The highest BCUT2D eigenvalue weighted by Crippen LogP contribution is 2.22. The molecule has 1 aromatic carbocycles. The van der Waals surface area contributed by atoms with Crippen molar-refractivity contribution in [2.24, 2.45) is 0 Å². The zero-order valence-corrected chi connectivity index (χ0v) is 16.6. The van der Waals surface area contributed by atoms with Gasteiger partial charge in [-0.2, -0.15) is 15.0 Å². The van der Waals surface area contributed by atoms with E-state index in [1.165, 1.54) is 12.1 Å². The first-order valence-electron chi connectivity index (χ1n) is 9.58. The molecule has 0 bridgehead atoms. The summed E-state index contributed by atoms with van der Waals surface area (Å²) in [6.07, 6.45) is 0. The molecular formula is C18H26N8O3. The largest absolute Gasteiger partial charge is 0.395 e. The molecule has 1 aromatic heterocycles. The lowest BCUT2D eigenvalue weighted by molar-refractivity contribution is -0.384. The number of rotatable bonds is 8. The number of hydrogen-bond donors (Lipinski definition) is 3. The van der Waals surface area contributed by atoms with Crippen molar-refractivity contribution in [2.75, 3.05) is 59.8 Å². The second-order valence-electron chi connectivity index (χ2n) is 6.98. The summed E-state index contributed by atoms with van der Waals surface area (Å²) in [5, 5.41) is 26.0. The molecule has 2 aromatic rings. The van der Waals surface area contributed by atoms with Crippen molar-refractivity contribution in [3.05, 3.63) is 34.4 Å². The van der Waals surface area contributed by atoms with Crippen LogP contribution in [0.5, 0.6) is 0 Å². The summed E-state index contributed by atoms with van der Waals surface area (Å²) in [4.78, 5) is 28.0. The van der Waals surface area contributed by atoms with Gasteiger partial charge in [-0.3, -0.25) is 10.1 Å². The van der Waals surface area contributed by atoms with E-state index in [4.69, 9.17) is 5.11 Å². The summed E-state index contributed by atoms with van der Waals surface area (Å²) < 4.78 is 0. The Kier molecular flexibility index (Phi) is 6.60. The number of anilines is 4. The Morgan fingerprint density at radius 1 is 1.07 bits per heavy atom. The summed E-state index contributed by atoms with van der Waals surface area (Å²) in [6.45, 7) is 7.27. The lowest BCUT2D eigenvalue weighted by Crippen LogP contribution is -2.47. The van der Waals surface area contributed by atoms with E-state index in [9.17, 15) is 10.1 Å². The van der Waals surface area contributed by atoms with E-state index < -0.39 is 4.92 Å². The first kappa shape index (κ1) is 20.5. The highest BCUT2D eigenvalue weighted by Gasteiger charge is 2.21. The van der Waals surface area contributed by atoms with Crippen molar-refractivity contribution in [1.82, 2.24) is 15.0 Å². The van der Waals surface area contributed by atoms with Gasteiger partial charge >= 0.3 is 0 Å². The maximum absolute atomic E-state index is 10.8. The van der Waals surface area contributed by atoms with Gasteiger partial charge in [-0.25, -0.2) is 0 Å². The topological polar surface area (TPSA) is 133 Å². The highest BCUT2D eigenvalue weighted by molar-refractivity contribution is 5.53. The summed E-state index contributed by atoms with van der Waals surface area (Å²) in [5.74, 6) is 1.49. The van der Waals surface area contributed by atoms with E-state index >= 15 is 0 Å². The molecule has 156 valence electrons. The summed E-state index contributed by atoms with van der Waals surface area (Å²) in [7, 11) is 0. The maximum atomic E-state index is 10.8. The summed E-state index contributed by atoms with van der Waals surface area (Å²) >= 11 is 0. The number of aliphatic hydroxyl groups is 1. The molecule has 3 rings (SSSR count). The Labute approximate surface area is 168 Å². The Balaban J connectivity index is 1.69. The van der Waals surface area contributed by atoms with Crippen LogP contribution in [0.25, 0.3) is 0 Å². The molecule has 0 unspecified atom stereocenters. The molecule has 0 spiro atoms. The van der Waals surface area contributed by atoms with Gasteiger partial charge in [-0.05, 0) is 26.0 Å². The minimum atomic E-state index is -0.395. The van der Waals surface area contributed by atoms with Crippen LogP contribution in [0.2, 0.25) is 0 Å². The Bertz CT molecular complexity index is 822. The number of nitro benzene ring substituents is 1. The van der Waals surface area contributed by atoms with Crippen molar-refractivity contribution >= 4 is 29.2 Å². The molecule has 11 nitrogen and oxygen atoms in total. The van der Waals surface area contributed by atoms with Crippen LogP contribution < -0.4 is 20.4 Å². The molecule has 1 fully saturated rings. The third-order valence-electron chi connectivity index (χ3n) is 4.42. The van der Waals surface area contributed by atoms with Crippen molar-refractivity contribution in [1.29, 1.82) is 0 Å². The Hall–Kier alpha value is -3.21. The number of aliphatic hydroxyl groups excluding tert-OH is 1. The van der Waals surface area contributed by atoms with Crippen LogP contribution in [0.3, 0.4) is 0 Å². The molecule has 0 radical (unpaired) electrons. The van der Waals surface area contributed by atoms with Crippen LogP contribution in [0, 0.1) is 10.1 Å². The standard InChI is InChI=1S/C18H26N8O3/c1-13(2)20-17-21-16(19-7-12-27)22-18(23-17)25-10-8-24(9-11-25)14-3-5-15(6-4-14)26(28)29/h3-6,13,27H,7-12H2,1-2H3,(H2,19,20,21,22,23). The Morgan fingerprint density at radius 3 is 2.28 bits per heavy atom.